The van der Waals surface area contributed by atoms with E-state index in [1.165, 1.54) is 34.7 Å². The van der Waals surface area contributed by atoms with Gasteiger partial charge in [0.15, 0.2) is 0 Å². The summed E-state index contributed by atoms with van der Waals surface area (Å²) in [4.78, 5) is 8.31. The third kappa shape index (κ3) is 4.76. The van der Waals surface area contributed by atoms with Crippen molar-refractivity contribution in [1.29, 1.82) is 0 Å². The van der Waals surface area contributed by atoms with E-state index in [0.717, 1.165) is 12.1 Å². The zero-order valence-electron chi connectivity index (χ0n) is 15.2. The van der Waals surface area contributed by atoms with Crippen LogP contribution in [0.4, 0.5) is 0 Å². The van der Waals surface area contributed by atoms with Gasteiger partial charge in [0.25, 0.3) is 0 Å². The van der Waals surface area contributed by atoms with Gasteiger partial charge in [-0.2, -0.15) is 0 Å². The molecule has 0 amide bonds. The number of aryl methyl sites for hydroxylation is 1. The zero-order valence-corrected chi connectivity index (χ0v) is 15.2. The molecule has 0 radical (unpaired) electrons. The summed E-state index contributed by atoms with van der Waals surface area (Å²) in [7, 11) is 0. The van der Waals surface area contributed by atoms with E-state index < -0.39 is 0 Å². The molecule has 26 heavy (non-hydrogen) atoms. The van der Waals surface area contributed by atoms with Crippen molar-refractivity contribution in [2.75, 3.05) is 0 Å². The van der Waals surface area contributed by atoms with Crippen molar-refractivity contribution in [3.8, 4) is 11.3 Å². The van der Waals surface area contributed by atoms with E-state index in [2.05, 4.69) is 65.4 Å². The maximum absolute atomic E-state index is 4.52. The highest BCUT2D eigenvalue weighted by Crippen LogP contribution is 2.28. The molecule has 2 heterocycles. The molecule has 2 aromatic carbocycles. The number of rotatable bonds is 4. The van der Waals surface area contributed by atoms with Crippen molar-refractivity contribution in [3.05, 3.63) is 97.0 Å². The van der Waals surface area contributed by atoms with Crippen molar-refractivity contribution in [2.45, 2.75) is 26.2 Å². The Morgan fingerprint density at radius 3 is 2.00 bits per heavy atom. The molecule has 2 aromatic heterocycles. The first kappa shape index (κ1) is 17.8. The number of pyridine rings is 2. The summed E-state index contributed by atoms with van der Waals surface area (Å²) in [5, 5.41) is 2.60. The standard InChI is InChI=1S/C19H19N.C5H5N/c1-2-3-8-17-13-15-9-4-5-10-16(15)14-18(17)19-11-6-7-12-20-19;1-2-4-6-5-3-1/h4-7,9-14H,2-3,8H2,1H3;1-5H. The minimum absolute atomic E-state index is 1.07. The van der Waals surface area contributed by atoms with Crippen LogP contribution in [0.1, 0.15) is 25.3 Å². The maximum atomic E-state index is 4.52. The van der Waals surface area contributed by atoms with Gasteiger partial charge in [0, 0.05) is 24.2 Å². The lowest BCUT2D eigenvalue weighted by atomic mass is 9.95. The van der Waals surface area contributed by atoms with E-state index in [1.54, 1.807) is 12.4 Å². The molecule has 2 heteroatoms. The first-order valence-electron chi connectivity index (χ1n) is 9.16. The maximum Gasteiger partial charge on any atom is 0.0704 e. The van der Waals surface area contributed by atoms with E-state index in [-0.39, 0.29) is 0 Å². The molecule has 4 rings (SSSR count). The van der Waals surface area contributed by atoms with Crippen molar-refractivity contribution in [2.24, 2.45) is 0 Å². The Morgan fingerprint density at radius 2 is 1.42 bits per heavy atom. The van der Waals surface area contributed by atoms with Crippen molar-refractivity contribution in [3.63, 3.8) is 0 Å². The summed E-state index contributed by atoms with van der Waals surface area (Å²) in [6.45, 7) is 2.24. The molecule has 4 aromatic rings. The molecule has 0 N–H and O–H groups in total. The molecule has 0 saturated carbocycles. The minimum atomic E-state index is 1.07. The van der Waals surface area contributed by atoms with Gasteiger partial charge in [-0.15, -0.1) is 0 Å². The van der Waals surface area contributed by atoms with Gasteiger partial charge in [-0.3, -0.25) is 9.97 Å². The Bertz CT molecular complexity index is 892. The lowest BCUT2D eigenvalue weighted by Gasteiger charge is -2.11. The fourth-order valence-corrected chi connectivity index (χ4v) is 2.93. The summed E-state index contributed by atoms with van der Waals surface area (Å²) in [5.74, 6) is 0. The number of nitrogens with zero attached hydrogens (tertiary/aromatic N) is 2. The van der Waals surface area contributed by atoms with Crippen LogP contribution in [0.15, 0.2) is 91.4 Å². The monoisotopic (exact) mass is 340 g/mol. The Hall–Kier alpha value is -3.00. The third-order valence-electron chi connectivity index (χ3n) is 4.28. The van der Waals surface area contributed by atoms with Crippen LogP contribution in [0.5, 0.6) is 0 Å². The Balaban J connectivity index is 0.000000278. The molecule has 0 bridgehead atoms. The van der Waals surface area contributed by atoms with Gasteiger partial charge in [-0.1, -0.05) is 55.8 Å². The van der Waals surface area contributed by atoms with Gasteiger partial charge in [0.2, 0.25) is 0 Å². The van der Waals surface area contributed by atoms with E-state index >= 15 is 0 Å². The largest absolute Gasteiger partial charge is 0.265 e. The lowest BCUT2D eigenvalue weighted by Crippen LogP contribution is -1.93. The van der Waals surface area contributed by atoms with E-state index in [4.69, 9.17) is 0 Å². The van der Waals surface area contributed by atoms with E-state index in [9.17, 15) is 0 Å². The van der Waals surface area contributed by atoms with Gasteiger partial charge in [0.1, 0.15) is 0 Å². The van der Waals surface area contributed by atoms with Crippen LogP contribution in [-0.4, -0.2) is 9.97 Å². The summed E-state index contributed by atoms with van der Waals surface area (Å²) < 4.78 is 0. The molecule has 0 unspecified atom stereocenters. The van der Waals surface area contributed by atoms with Gasteiger partial charge in [-0.05, 0) is 59.5 Å². The Labute approximate surface area is 155 Å². The molecular weight excluding hydrogens is 316 g/mol. The average Bonchev–Trinajstić information content (AvgIpc) is 2.74. The smallest absolute Gasteiger partial charge is 0.0704 e. The number of unbranched alkanes of at least 4 members (excludes halogenated alkanes) is 1. The van der Waals surface area contributed by atoms with Crippen molar-refractivity contribution in [1.82, 2.24) is 9.97 Å². The molecule has 2 nitrogen and oxygen atoms in total. The molecule has 0 aliphatic rings. The highest BCUT2D eigenvalue weighted by molar-refractivity contribution is 5.88. The molecule has 0 saturated heterocycles. The Morgan fingerprint density at radius 1 is 0.731 bits per heavy atom. The van der Waals surface area contributed by atoms with Crippen LogP contribution in [0.3, 0.4) is 0 Å². The first-order chi connectivity index (χ1) is 12.9. The molecule has 130 valence electrons. The molecule has 0 aliphatic heterocycles. The second-order valence-corrected chi connectivity index (χ2v) is 6.20. The molecule has 0 spiro atoms. The minimum Gasteiger partial charge on any atom is -0.265 e. The predicted molar refractivity (Wildman–Crippen MR) is 110 cm³/mol. The normalized spacial score (nSPS) is 10.2. The molecule has 0 aliphatic carbocycles. The zero-order chi connectivity index (χ0) is 18.0. The quantitative estimate of drug-likeness (QED) is 0.434. The third-order valence-corrected chi connectivity index (χ3v) is 4.28. The van der Waals surface area contributed by atoms with Crippen LogP contribution in [0.2, 0.25) is 0 Å². The van der Waals surface area contributed by atoms with Crippen LogP contribution < -0.4 is 0 Å². The van der Waals surface area contributed by atoms with Crippen LogP contribution in [0.25, 0.3) is 22.0 Å². The molecule has 0 atom stereocenters. The predicted octanol–water partition coefficient (Wildman–Crippen LogP) is 6.33. The van der Waals surface area contributed by atoms with Crippen LogP contribution in [-0.2, 0) is 6.42 Å². The number of aromatic nitrogens is 2. The summed E-state index contributed by atoms with van der Waals surface area (Å²) in [5.41, 5.74) is 3.76. The summed E-state index contributed by atoms with van der Waals surface area (Å²) in [6.07, 6.45) is 8.92. The number of fused-ring (bicyclic) bond motifs is 1. The highest BCUT2D eigenvalue weighted by Gasteiger charge is 2.08. The van der Waals surface area contributed by atoms with Gasteiger partial charge < -0.3 is 0 Å². The summed E-state index contributed by atoms with van der Waals surface area (Å²) >= 11 is 0. The number of hydrogen-bond acceptors (Lipinski definition) is 2. The van der Waals surface area contributed by atoms with Gasteiger partial charge in [-0.25, -0.2) is 0 Å². The molecule has 0 fully saturated rings. The number of hydrogen-bond donors (Lipinski definition) is 0. The molecular formula is C24H24N2. The second-order valence-electron chi connectivity index (χ2n) is 6.20. The van der Waals surface area contributed by atoms with Crippen molar-refractivity contribution >= 4 is 10.8 Å². The van der Waals surface area contributed by atoms with E-state index in [0.29, 0.717) is 0 Å². The Kier molecular flexibility index (Phi) is 6.49. The van der Waals surface area contributed by atoms with Gasteiger partial charge in [0.05, 0.1) is 5.69 Å². The fraction of sp³-hybridized carbons (Fsp3) is 0.167. The van der Waals surface area contributed by atoms with Crippen LogP contribution >= 0.6 is 0 Å². The highest BCUT2D eigenvalue weighted by atomic mass is 14.7. The van der Waals surface area contributed by atoms with Crippen LogP contribution in [0, 0.1) is 0 Å². The lowest BCUT2D eigenvalue weighted by molar-refractivity contribution is 0.796. The first-order valence-corrected chi connectivity index (χ1v) is 9.16. The second kappa shape index (κ2) is 9.47. The van der Waals surface area contributed by atoms with E-state index in [1.807, 2.05) is 30.5 Å². The topological polar surface area (TPSA) is 25.8 Å². The van der Waals surface area contributed by atoms with Gasteiger partial charge >= 0.3 is 0 Å². The SMILES string of the molecule is CCCCc1cc2ccccc2cc1-c1ccccn1.c1ccncc1. The number of benzene rings is 2. The summed E-state index contributed by atoms with van der Waals surface area (Å²) in [6, 6.07) is 25.0. The average molecular weight is 340 g/mol. The fourth-order valence-electron chi connectivity index (χ4n) is 2.93. The van der Waals surface area contributed by atoms with Crippen molar-refractivity contribution < 1.29 is 0 Å².